The summed E-state index contributed by atoms with van der Waals surface area (Å²) in [6.45, 7) is 2.25. The number of nitrogens with two attached hydrogens (primary N) is 1. The van der Waals surface area contributed by atoms with E-state index in [-0.39, 0.29) is 0 Å². The first-order valence-electron chi connectivity index (χ1n) is 7.92. The number of rotatable bonds is 9. The molecule has 0 aliphatic rings. The molecule has 0 amide bonds. The average Bonchev–Trinajstić information content (AvgIpc) is 2.88. The van der Waals surface area contributed by atoms with Crippen molar-refractivity contribution in [2.45, 2.75) is 58.3 Å². The SMILES string of the molecule is CCCCCCCCCc1cnn(-c2ncccn2)c1N. The molecule has 21 heavy (non-hydrogen) atoms. The van der Waals surface area contributed by atoms with Gasteiger partial charge in [0.2, 0.25) is 0 Å². The van der Waals surface area contributed by atoms with Crippen molar-refractivity contribution in [1.29, 1.82) is 0 Å². The van der Waals surface area contributed by atoms with Crippen LogP contribution in [-0.2, 0) is 6.42 Å². The Hall–Kier alpha value is -1.91. The predicted molar refractivity (Wildman–Crippen MR) is 85.3 cm³/mol. The van der Waals surface area contributed by atoms with Crippen molar-refractivity contribution in [3.8, 4) is 5.95 Å². The van der Waals surface area contributed by atoms with Crippen LogP contribution in [0.4, 0.5) is 5.82 Å². The standard InChI is InChI=1S/C16H25N5/c1-2-3-4-5-6-7-8-10-14-13-20-21(15(14)17)16-18-11-9-12-19-16/h9,11-13H,2-8,10,17H2,1H3. The summed E-state index contributed by atoms with van der Waals surface area (Å²) in [5.74, 6) is 1.19. The van der Waals surface area contributed by atoms with Crippen molar-refractivity contribution < 1.29 is 0 Å². The minimum atomic E-state index is 0.529. The molecule has 2 heterocycles. The van der Waals surface area contributed by atoms with Crippen LogP contribution in [0.15, 0.2) is 24.7 Å². The van der Waals surface area contributed by atoms with Crippen LogP contribution in [0.3, 0.4) is 0 Å². The van der Waals surface area contributed by atoms with Crippen molar-refractivity contribution in [2.75, 3.05) is 5.73 Å². The minimum Gasteiger partial charge on any atom is -0.383 e. The summed E-state index contributed by atoms with van der Waals surface area (Å²) >= 11 is 0. The van der Waals surface area contributed by atoms with Gasteiger partial charge in [-0.05, 0) is 18.9 Å². The predicted octanol–water partition coefficient (Wildman–Crippen LogP) is 3.54. The Balaban J connectivity index is 1.79. The zero-order valence-corrected chi connectivity index (χ0v) is 12.8. The lowest BCUT2D eigenvalue weighted by atomic mass is 10.1. The zero-order valence-electron chi connectivity index (χ0n) is 12.8. The number of hydrogen-bond acceptors (Lipinski definition) is 4. The lowest BCUT2D eigenvalue weighted by Crippen LogP contribution is -2.06. The van der Waals surface area contributed by atoms with Gasteiger partial charge in [0.05, 0.1) is 6.20 Å². The number of nitrogen functional groups attached to an aromatic ring is 1. The van der Waals surface area contributed by atoms with Crippen LogP contribution < -0.4 is 5.73 Å². The summed E-state index contributed by atoms with van der Waals surface area (Å²) < 4.78 is 1.61. The van der Waals surface area contributed by atoms with Crippen molar-refractivity contribution in [2.24, 2.45) is 0 Å². The van der Waals surface area contributed by atoms with Gasteiger partial charge in [0, 0.05) is 18.0 Å². The Bertz CT molecular complexity index is 521. The molecule has 2 aromatic heterocycles. The average molecular weight is 287 g/mol. The van der Waals surface area contributed by atoms with Crippen LogP contribution in [0.2, 0.25) is 0 Å². The first kappa shape index (κ1) is 15.5. The highest BCUT2D eigenvalue weighted by Gasteiger charge is 2.10. The van der Waals surface area contributed by atoms with Crippen molar-refractivity contribution >= 4 is 5.82 Å². The fourth-order valence-corrected chi connectivity index (χ4v) is 2.42. The van der Waals surface area contributed by atoms with Gasteiger partial charge in [0.15, 0.2) is 0 Å². The molecule has 0 radical (unpaired) electrons. The van der Waals surface area contributed by atoms with E-state index in [1.807, 2.05) is 6.20 Å². The third kappa shape index (κ3) is 4.55. The Morgan fingerprint density at radius 1 is 1.00 bits per heavy atom. The quantitative estimate of drug-likeness (QED) is 0.716. The van der Waals surface area contributed by atoms with Gasteiger partial charge in [0.1, 0.15) is 5.82 Å². The Morgan fingerprint density at radius 2 is 1.67 bits per heavy atom. The van der Waals surface area contributed by atoms with Gasteiger partial charge in [-0.25, -0.2) is 9.97 Å². The molecule has 2 N–H and O–H groups in total. The first-order chi connectivity index (χ1) is 10.3. The summed E-state index contributed by atoms with van der Waals surface area (Å²) in [7, 11) is 0. The Kier molecular flexibility index (Phi) is 6.19. The van der Waals surface area contributed by atoms with E-state index < -0.39 is 0 Å². The summed E-state index contributed by atoms with van der Waals surface area (Å²) in [5, 5.41) is 4.29. The first-order valence-corrected chi connectivity index (χ1v) is 7.92. The monoisotopic (exact) mass is 287 g/mol. The number of unbranched alkanes of at least 4 members (excludes halogenated alkanes) is 6. The Morgan fingerprint density at radius 3 is 2.38 bits per heavy atom. The maximum absolute atomic E-state index is 6.14. The second-order valence-corrected chi connectivity index (χ2v) is 5.39. The van der Waals surface area contributed by atoms with Gasteiger partial charge in [-0.15, -0.1) is 0 Å². The number of hydrogen-bond donors (Lipinski definition) is 1. The maximum atomic E-state index is 6.14. The van der Waals surface area contributed by atoms with Gasteiger partial charge in [0.25, 0.3) is 5.95 Å². The molecule has 0 fully saturated rings. The normalized spacial score (nSPS) is 10.9. The fourth-order valence-electron chi connectivity index (χ4n) is 2.42. The molecule has 0 aromatic carbocycles. The number of aryl methyl sites for hydroxylation is 1. The topological polar surface area (TPSA) is 69.6 Å². The number of anilines is 1. The van der Waals surface area contributed by atoms with Crippen molar-refractivity contribution in [3.05, 3.63) is 30.2 Å². The summed E-state index contributed by atoms with van der Waals surface area (Å²) in [6, 6.07) is 1.78. The second-order valence-electron chi connectivity index (χ2n) is 5.39. The van der Waals surface area contributed by atoms with Gasteiger partial charge >= 0.3 is 0 Å². The van der Waals surface area contributed by atoms with Crippen LogP contribution in [0, 0.1) is 0 Å². The summed E-state index contributed by atoms with van der Waals surface area (Å²) in [4.78, 5) is 8.34. The smallest absolute Gasteiger partial charge is 0.252 e. The van der Waals surface area contributed by atoms with E-state index in [0.29, 0.717) is 11.8 Å². The molecule has 0 saturated carbocycles. The molecule has 0 saturated heterocycles. The highest BCUT2D eigenvalue weighted by atomic mass is 15.4. The van der Waals surface area contributed by atoms with Gasteiger partial charge < -0.3 is 5.73 Å². The van der Waals surface area contributed by atoms with Gasteiger partial charge in [-0.1, -0.05) is 45.4 Å². The second kappa shape index (κ2) is 8.39. The van der Waals surface area contributed by atoms with E-state index in [2.05, 4.69) is 22.0 Å². The molecule has 0 atom stereocenters. The number of aromatic nitrogens is 4. The molecule has 2 rings (SSSR count). The van der Waals surface area contributed by atoms with Crippen molar-refractivity contribution in [1.82, 2.24) is 19.7 Å². The number of nitrogens with zero attached hydrogens (tertiary/aromatic N) is 4. The molecule has 5 nitrogen and oxygen atoms in total. The van der Waals surface area contributed by atoms with E-state index in [9.17, 15) is 0 Å². The van der Waals surface area contributed by atoms with Gasteiger partial charge in [-0.3, -0.25) is 0 Å². The van der Waals surface area contributed by atoms with E-state index in [1.165, 1.54) is 38.5 Å². The largest absolute Gasteiger partial charge is 0.383 e. The van der Waals surface area contributed by atoms with Crippen LogP contribution in [0.5, 0.6) is 0 Å². The zero-order chi connectivity index (χ0) is 14.9. The summed E-state index contributed by atoms with van der Waals surface area (Å²) in [5.41, 5.74) is 7.23. The van der Waals surface area contributed by atoms with Crippen LogP contribution >= 0.6 is 0 Å². The molecule has 114 valence electrons. The maximum Gasteiger partial charge on any atom is 0.252 e. The fraction of sp³-hybridized carbons (Fsp3) is 0.562. The molecular weight excluding hydrogens is 262 g/mol. The molecule has 0 bridgehead atoms. The molecule has 0 unspecified atom stereocenters. The van der Waals surface area contributed by atoms with Crippen LogP contribution in [0.25, 0.3) is 5.95 Å². The third-order valence-corrected chi connectivity index (χ3v) is 3.68. The third-order valence-electron chi connectivity index (χ3n) is 3.68. The molecular formula is C16H25N5. The lowest BCUT2D eigenvalue weighted by molar-refractivity contribution is 0.589. The van der Waals surface area contributed by atoms with Crippen LogP contribution in [-0.4, -0.2) is 19.7 Å². The van der Waals surface area contributed by atoms with E-state index in [4.69, 9.17) is 5.73 Å². The van der Waals surface area contributed by atoms with E-state index in [0.717, 1.165) is 18.4 Å². The molecule has 0 aliphatic heterocycles. The molecule has 0 aliphatic carbocycles. The van der Waals surface area contributed by atoms with Crippen molar-refractivity contribution in [3.63, 3.8) is 0 Å². The van der Waals surface area contributed by atoms with E-state index in [1.54, 1.807) is 23.1 Å². The molecule has 0 spiro atoms. The van der Waals surface area contributed by atoms with E-state index >= 15 is 0 Å². The van der Waals surface area contributed by atoms with Crippen LogP contribution in [0.1, 0.15) is 57.4 Å². The highest BCUT2D eigenvalue weighted by Crippen LogP contribution is 2.17. The highest BCUT2D eigenvalue weighted by molar-refractivity contribution is 5.42. The lowest BCUT2D eigenvalue weighted by Gasteiger charge is -2.03. The molecule has 5 heteroatoms. The molecule has 2 aromatic rings. The summed E-state index contributed by atoms with van der Waals surface area (Å²) in [6.07, 6.45) is 15.3. The Labute approximate surface area is 126 Å². The van der Waals surface area contributed by atoms with Gasteiger partial charge in [-0.2, -0.15) is 9.78 Å². The minimum absolute atomic E-state index is 0.529.